The molecule has 6 saturated heterocycles. The number of esters is 4. The molecule has 0 radical (unpaired) electrons. The number of thiol groups is 1. The van der Waals surface area contributed by atoms with E-state index < -0.39 is 153 Å². The average molecular weight is 2690 g/mol. The van der Waals surface area contributed by atoms with Crippen LogP contribution in [0.5, 0.6) is 11.5 Å². The maximum absolute atomic E-state index is 14.2. The number of carboxylic acids is 1. The van der Waals surface area contributed by atoms with Crippen LogP contribution in [0.4, 0.5) is 11.4 Å². The molecule has 732 valence electrons. The van der Waals surface area contributed by atoms with Gasteiger partial charge in [-0.3, -0.25) is 52.1 Å². The van der Waals surface area contributed by atoms with Crippen molar-refractivity contribution in [1.82, 2.24) is 59.8 Å². The monoisotopic (exact) mass is 2690 g/mol. The molecule has 9 aliphatic heterocycles. The molecular weight excluding hydrogens is 2590 g/mol. The number of carboxylic acid groups (broad SMARTS) is 1. The van der Waals surface area contributed by atoms with Crippen LogP contribution in [-0.4, -0.2) is 276 Å². The number of β-lactam (4-membered cyclic amide) rings is 3. The average Bonchev–Trinajstić information content (AvgIpc) is 1.55. The molecule has 13 rings (SSSR count). The van der Waals surface area contributed by atoms with Gasteiger partial charge in [0, 0.05) is 210 Å². The van der Waals surface area contributed by atoms with Crippen molar-refractivity contribution in [1.29, 1.82) is 0 Å². The van der Waals surface area contributed by atoms with Crippen LogP contribution >= 0.6 is 165 Å². The number of carbonyl (C=O) groups is 8. The number of hydrogen-bond acceptors (Lipinski definition) is 36. The molecule has 6 fully saturated rings. The van der Waals surface area contributed by atoms with E-state index in [0.29, 0.717) is 60.2 Å². The molecule has 5 unspecified atom stereocenters. The Labute approximate surface area is 861 Å². The fraction of sp³-hybridized carbons (Fsp3) is 0.500. The number of para-hydroxylation sites is 2. The number of nitrogens with zero attached hydrogens (tertiary/aromatic N) is 9. The minimum atomic E-state index is -4.64. The Morgan fingerprint density at radius 1 is 0.598 bits per heavy atom. The number of aliphatic hydroxyl groups excluding tert-OH is 3. The van der Waals surface area contributed by atoms with Crippen molar-refractivity contribution < 1.29 is 127 Å². The molecule has 0 aromatic heterocycles. The number of benzene rings is 4. The molecule has 3 amide bonds. The minimum absolute atomic E-state index is 0. The third kappa shape index (κ3) is 30.8. The first kappa shape index (κ1) is 117. The van der Waals surface area contributed by atoms with Gasteiger partial charge in [-0.25, -0.2) is 39.4 Å². The molecule has 9 heterocycles. The number of fused-ring (bicyclic) bond motifs is 3. The molecule has 4 aromatic carbocycles. The molecule has 42 nitrogen and oxygen atoms in total. The number of nitro groups is 2. The van der Waals surface area contributed by atoms with Gasteiger partial charge in [0.1, 0.15) is 28.7 Å². The number of amides is 3. The van der Waals surface area contributed by atoms with Gasteiger partial charge in [-0.05, 0) is 103 Å². The van der Waals surface area contributed by atoms with Crippen LogP contribution in [0.15, 0.2) is 142 Å². The number of hydrogen-bond donors (Lipinski definition) is 10. The first-order valence-electron chi connectivity index (χ1n) is 39.3. The number of nitro benzene ring substituents is 2. The van der Waals surface area contributed by atoms with E-state index in [-0.39, 0.29) is 134 Å². The Hall–Kier alpha value is -3.45. The van der Waals surface area contributed by atoms with Gasteiger partial charge in [0.2, 0.25) is 17.7 Å². The fourth-order valence-corrected chi connectivity index (χ4v) is 22.2. The molecule has 132 heavy (non-hydrogen) atoms. The molecule has 9 aliphatic rings. The second kappa shape index (κ2) is 54.0. The van der Waals surface area contributed by atoms with E-state index >= 15 is 0 Å². The Balaban J connectivity index is 0.000000278. The predicted molar refractivity (Wildman–Crippen MR) is 539 cm³/mol. The summed E-state index contributed by atoms with van der Waals surface area (Å²) in [6.07, 6.45) is -0.456. The summed E-state index contributed by atoms with van der Waals surface area (Å²) in [5.41, 5.74) is 1.34. The SMILES string of the molecule is C.CN(C[C@@H]1C[C@H](S)CN1C)NS(=O)[O-].C[C@@H](O)[C@H]1C(=O)N2C(C(=O)O)=C(SC3CN[C@H](CNNS(=O)[O-])C3)[C@H](C)[C@H]12.C[C@@H](O)[C@H]1C(=O)N2C(C(=O)OC(=O)c3ccc([N+](=O)[O-])cc3)=C(OP(=O)(Oc3ccccc3)Oc3ccccc3)[C@H](C)[C@H]12.C[C@@H](O)[C@H]1C(=O)N2C(C(=O)OC(=O)c3ccc([N+](=O)[O-])cc3)=C(SC3C[C@@H](CN(C)NS(=O)[O-])N(C)C3)[C@H](C)[C@H]12.I.II.[I][V]([I])[I]. The van der Waals surface area contributed by atoms with Crippen molar-refractivity contribution in [2.24, 2.45) is 35.5 Å². The van der Waals surface area contributed by atoms with E-state index in [2.05, 4.69) is 145 Å². The number of phosphoric ester groups is 1. The van der Waals surface area contributed by atoms with Crippen LogP contribution in [0.25, 0.3) is 0 Å². The molecule has 0 saturated carbocycles. The van der Waals surface area contributed by atoms with E-state index in [0.717, 1.165) is 60.7 Å². The summed E-state index contributed by atoms with van der Waals surface area (Å²) in [7, 11) is 2.65. The molecule has 0 aliphatic carbocycles. The summed E-state index contributed by atoms with van der Waals surface area (Å²) in [5, 5.41) is 68.7. The zero-order valence-electron chi connectivity index (χ0n) is 70.9. The number of halogens is 6. The quantitative estimate of drug-likeness (QED) is 0.00252. The van der Waals surface area contributed by atoms with Gasteiger partial charge in [-0.1, -0.05) is 64.6 Å². The van der Waals surface area contributed by atoms with Crippen LogP contribution in [0.3, 0.4) is 0 Å². The Morgan fingerprint density at radius 2 is 0.977 bits per heavy atom. The molecule has 0 bridgehead atoms. The number of likely N-dealkylation sites (N-methyl/N-ethyl adjacent to an activating group) is 4. The van der Waals surface area contributed by atoms with Crippen molar-refractivity contribution in [3.05, 3.63) is 173 Å². The Morgan fingerprint density at radius 3 is 1.36 bits per heavy atom. The van der Waals surface area contributed by atoms with Crippen LogP contribution in [0, 0.1) is 55.7 Å². The Bertz CT molecular complexity index is 4930. The van der Waals surface area contributed by atoms with Gasteiger partial charge in [-0.2, -0.15) is 31.7 Å². The van der Waals surface area contributed by atoms with Gasteiger partial charge >= 0.3 is 103 Å². The number of phosphoric acid groups is 1. The van der Waals surface area contributed by atoms with Crippen LogP contribution in [0.2, 0.25) is 0 Å². The number of likely N-dealkylation sites (tertiary alicyclic amines) is 2. The van der Waals surface area contributed by atoms with E-state index in [1.165, 1.54) is 88.6 Å². The van der Waals surface area contributed by atoms with E-state index in [1.807, 2.05) is 27.9 Å². The van der Waals surface area contributed by atoms with Crippen molar-refractivity contribution in [3.8, 4) is 11.5 Å². The molecular formula is C76H99I6N14O28PS6V-3. The summed E-state index contributed by atoms with van der Waals surface area (Å²) in [5.74, 6) is -10.6. The number of hydrazine groups is 3. The van der Waals surface area contributed by atoms with Gasteiger partial charge in [0.05, 0.1) is 75.2 Å². The number of thioether (sulfide) groups is 2. The van der Waals surface area contributed by atoms with Crippen LogP contribution < -0.4 is 34.3 Å². The summed E-state index contributed by atoms with van der Waals surface area (Å²) in [4.78, 5) is 139. The van der Waals surface area contributed by atoms with Crippen LogP contribution in [-0.2, 0) is 86.0 Å². The van der Waals surface area contributed by atoms with Gasteiger partial charge in [-0.15, -0.1) is 47.5 Å². The molecule has 21 atom stereocenters. The van der Waals surface area contributed by atoms with Crippen molar-refractivity contribution >= 4 is 258 Å². The van der Waals surface area contributed by atoms with Gasteiger partial charge < -0.3 is 82.0 Å². The maximum atomic E-state index is 14.2. The third-order valence-corrected chi connectivity index (χ3v) is 28.0. The summed E-state index contributed by atoms with van der Waals surface area (Å²) in [6, 6.07) is 23.8. The standard InChI is InChI=1S/C29H25N2O11P.C24H31N5O9S2.C15H24N4O6S2.C7H17N3O2S2.CH4.I2.4HI.V/c1-17-24-23(18(2)32)27(33)30(24)25(29(35)39-28(34)19-13-15-20(16-14-19)31(36)37)26(17)42-43(38,40-21-9-5-3-6-10-21)41-22-11-7-4-8-12-22;1-12-19-18(13(2)30)22(31)28(19)20(24(33)38-23(32)14-5-7-15(8-6-14)29(34)35)21(12)39-17-9-16(26(3)11-17)10-27(4)25-40(36)37;1-6-11-10(7(2)20)14(21)19(11)12(15(22)23)13(6)26-9-3-8(16-5-9)4-17-18-27(24)25;1-9-5-7(13)3-6(9)4-10(2)8-14(11)12;;1-2;;;;;/h3-18,23-24,32H,1-2H3;5-8,12-13,16-19,25,30H,9-11H2,1-4H3,(H,36,37);6-11,16-18,20H,3-5H2,1-2H3,(H,22,23)(H,24,25);6-8,13H,3-5H2,1-2H3,(H,11,12);1H4;;4*1H;/q;;;;;;;;;;+3/p-6/t17-,18-,23-,24-;12-,13-,16+,17?,18-,19-;6-,7-,8+,9?,10-,11-;6-,7-;;;;;;;/m1110......./s1. The predicted octanol–water partition coefficient (Wildman–Crippen LogP) is 8.41. The fourth-order valence-electron chi connectivity index (χ4n) is 16.4. The van der Waals surface area contributed by atoms with E-state index in [4.69, 9.17) is 23.0 Å². The van der Waals surface area contributed by atoms with Crippen LogP contribution in [0.1, 0.15) is 88.9 Å². The van der Waals surface area contributed by atoms with Crippen molar-refractivity contribution in [2.45, 2.75) is 139 Å². The van der Waals surface area contributed by atoms with Gasteiger partial charge in [0.15, 0.2) is 5.70 Å². The number of aliphatic hydroxyl groups is 3. The molecule has 4 aromatic rings. The van der Waals surface area contributed by atoms with Crippen molar-refractivity contribution in [2.75, 3.05) is 67.5 Å². The number of nitrogens with one attached hydrogen (secondary N) is 5. The number of ether oxygens (including phenoxy) is 2. The molecule has 9 N–H and O–H groups in total. The topological polar surface area (TPSA) is 570 Å². The third-order valence-electron chi connectivity index (χ3n) is 22.1. The van der Waals surface area contributed by atoms with E-state index in [1.54, 1.807) is 69.3 Å². The first-order valence-corrected chi connectivity index (χ1v) is 66.1. The Kier molecular flexibility index (Phi) is 47.9. The number of carbonyl (C=O) groups excluding carboxylic acids is 7. The zero-order chi connectivity index (χ0) is 96.5. The number of aliphatic carboxylic acids is 1. The second-order valence-corrected chi connectivity index (χ2v) is 73.2. The molecule has 0 spiro atoms. The summed E-state index contributed by atoms with van der Waals surface area (Å²) < 4.78 is 105. The molecule has 56 heteroatoms. The normalized spacial score (nSPS) is 25.8. The summed E-state index contributed by atoms with van der Waals surface area (Å²) in [6.45, 7) is 13.6. The first-order chi connectivity index (χ1) is 61.2. The number of rotatable bonds is 32. The van der Waals surface area contributed by atoms with E-state index in [9.17, 15) is 110 Å². The summed E-state index contributed by atoms with van der Waals surface area (Å²) >= 11 is 11.9. The second-order valence-electron chi connectivity index (χ2n) is 31.0. The number of non-ortho nitro benzene ring substituents is 2. The zero-order valence-corrected chi connectivity index (χ0v) is 91.3. The van der Waals surface area contributed by atoms with Crippen molar-refractivity contribution in [3.63, 3.8) is 0 Å². The van der Waals surface area contributed by atoms with Gasteiger partial charge in [0.25, 0.3) is 11.4 Å².